The molecule has 0 unspecified atom stereocenters. The molecule has 3 aromatic rings. The van der Waals surface area contributed by atoms with Gasteiger partial charge in [0.05, 0.1) is 10.6 Å². The van der Waals surface area contributed by atoms with Gasteiger partial charge in [0.1, 0.15) is 19.0 Å². The van der Waals surface area contributed by atoms with Crippen molar-refractivity contribution in [2.45, 2.75) is 11.8 Å². The number of aryl methyl sites for hydroxylation is 1. The fourth-order valence-corrected chi connectivity index (χ4v) is 4.28. The Hall–Kier alpha value is -3.43. The van der Waals surface area contributed by atoms with Crippen LogP contribution in [0.25, 0.3) is 0 Å². The van der Waals surface area contributed by atoms with Crippen LogP contribution in [0.2, 0.25) is 5.02 Å². The van der Waals surface area contributed by atoms with Crippen LogP contribution in [0.4, 0.5) is 11.4 Å². The number of hydrogen-bond acceptors (Lipinski definition) is 6. The molecule has 10 heteroatoms. The Labute approximate surface area is 196 Å². The van der Waals surface area contributed by atoms with Gasteiger partial charge in [-0.1, -0.05) is 17.7 Å². The molecule has 0 saturated carbocycles. The van der Waals surface area contributed by atoms with E-state index in [1.54, 1.807) is 36.4 Å². The number of sulfonamides is 1. The first-order valence-electron chi connectivity index (χ1n) is 10.0. The van der Waals surface area contributed by atoms with E-state index in [-0.39, 0.29) is 17.4 Å². The van der Waals surface area contributed by atoms with Crippen molar-refractivity contribution in [2.75, 3.05) is 29.9 Å². The van der Waals surface area contributed by atoms with E-state index in [9.17, 15) is 13.2 Å². The Morgan fingerprint density at radius 2 is 1.67 bits per heavy atom. The van der Waals surface area contributed by atoms with Gasteiger partial charge >= 0.3 is 0 Å². The highest BCUT2D eigenvalue weighted by Gasteiger charge is 2.16. The van der Waals surface area contributed by atoms with Gasteiger partial charge in [0.15, 0.2) is 18.1 Å². The summed E-state index contributed by atoms with van der Waals surface area (Å²) in [7, 11) is -3.80. The van der Waals surface area contributed by atoms with E-state index in [2.05, 4.69) is 10.0 Å². The number of anilines is 2. The van der Waals surface area contributed by atoms with Gasteiger partial charge in [0, 0.05) is 16.8 Å². The van der Waals surface area contributed by atoms with Gasteiger partial charge in [-0.15, -0.1) is 0 Å². The van der Waals surface area contributed by atoms with Crippen molar-refractivity contribution in [1.29, 1.82) is 0 Å². The lowest BCUT2D eigenvalue weighted by Crippen LogP contribution is -2.21. The number of rotatable bonds is 7. The lowest BCUT2D eigenvalue weighted by molar-refractivity contribution is -0.118. The first-order chi connectivity index (χ1) is 15.8. The molecule has 1 amide bonds. The Bertz CT molecular complexity index is 1280. The fraction of sp³-hybridized carbons (Fsp3) is 0.174. The fourth-order valence-electron chi connectivity index (χ4n) is 3.05. The SMILES string of the molecule is Cc1ccc(NS(=O)(=O)c2ccc(OCC(=O)Nc3ccc4c(c3)OCCO4)cc2)cc1Cl. The highest BCUT2D eigenvalue weighted by atomic mass is 35.5. The first kappa shape index (κ1) is 22.8. The van der Waals surface area contributed by atoms with Crippen LogP contribution in [0.1, 0.15) is 5.56 Å². The van der Waals surface area contributed by atoms with E-state index in [0.29, 0.717) is 46.9 Å². The standard InChI is InChI=1S/C23H21ClN2O6S/c1-15-2-3-17(12-20(15)24)26-33(28,29)19-7-5-18(6-8-19)32-14-23(27)25-16-4-9-21-22(13-16)31-11-10-30-21/h2-9,12-13,26H,10-11,14H2,1H3,(H,25,27). The smallest absolute Gasteiger partial charge is 0.262 e. The monoisotopic (exact) mass is 488 g/mol. The molecule has 8 nitrogen and oxygen atoms in total. The van der Waals surface area contributed by atoms with Gasteiger partial charge in [-0.3, -0.25) is 9.52 Å². The molecule has 1 aliphatic heterocycles. The maximum atomic E-state index is 12.6. The lowest BCUT2D eigenvalue weighted by atomic mass is 10.2. The van der Waals surface area contributed by atoms with E-state index >= 15 is 0 Å². The number of halogens is 1. The van der Waals surface area contributed by atoms with Crippen molar-refractivity contribution < 1.29 is 27.4 Å². The van der Waals surface area contributed by atoms with E-state index in [0.717, 1.165) is 5.56 Å². The number of nitrogens with one attached hydrogen (secondary N) is 2. The van der Waals surface area contributed by atoms with Gasteiger partial charge in [-0.25, -0.2) is 8.42 Å². The van der Waals surface area contributed by atoms with Crippen molar-refractivity contribution in [3.8, 4) is 17.2 Å². The minimum absolute atomic E-state index is 0.0484. The van der Waals surface area contributed by atoms with Crippen LogP contribution in [-0.2, 0) is 14.8 Å². The van der Waals surface area contributed by atoms with Gasteiger partial charge in [-0.05, 0) is 61.0 Å². The number of carbonyl (C=O) groups excluding carboxylic acids is 1. The molecule has 0 aromatic heterocycles. The zero-order valence-corrected chi connectivity index (χ0v) is 19.2. The molecular weight excluding hydrogens is 468 g/mol. The second-order valence-electron chi connectivity index (χ2n) is 7.24. The van der Waals surface area contributed by atoms with Crippen LogP contribution in [0.15, 0.2) is 65.6 Å². The molecule has 0 aliphatic carbocycles. The third kappa shape index (κ3) is 5.68. The second-order valence-corrected chi connectivity index (χ2v) is 9.33. The van der Waals surface area contributed by atoms with E-state index < -0.39 is 10.0 Å². The van der Waals surface area contributed by atoms with Crippen LogP contribution < -0.4 is 24.2 Å². The molecule has 0 atom stereocenters. The molecule has 0 saturated heterocycles. The molecule has 0 radical (unpaired) electrons. The summed E-state index contributed by atoms with van der Waals surface area (Å²) in [6, 6.07) is 15.8. The Morgan fingerprint density at radius 1 is 0.970 bits per heavy atom. The molecule has 33 heavy (non-hydrogen) atoms. The largest absolute Gasteiger partial charge is 0.486 e. The number of ether oxygens (including phenoxy) is 3. The Morgan fingerprint density at radius 3 is 2.39 bits per heavy atom. The number of hydrogen-bond donors (Lipinski definition) is 2. The molecule has 3 aromatic carbocycles. The summed E-state index contributed by atoms with van der Waals surface area (Å²) < 4.78 is 44.1. The average molecular weight is 489 g/mol. The Balaban J connectivity index is 1.33. The van der Waals surface area contributed by atoms with Crippen LogP contribution >= 0.6 is 11.6 Å². The topological polar surface area (TPSA) is 103 Å². The molecular formula is C23H21ClN2O6S. The molecule has 172 valence electrons. The molecule has 0 fully saturated rings. The second kappa shape index (κ2) is 9.60. The van der Waals surface area contributed by atoms with Gasteiger partial charge in [0.25, 0.3) is 15.9 Å². The summed E-state index contributed by atoms with van der Waals surface area (Å²) in [6.07, 6.45) is 0. The molecule has 0 bridgehead atoms. The third-order valence-electron chi connectivity index (χ3n) is 4.75. The predicted octanol–water partition coefficient (Wildman–Crippen LogP) is 4.24. The van der Waals surface area contributed by atoms with Crippen molar-refractivity contribution >= 4 is 38.9 Å². The van der Waals surface area contributed by atoms with Crippen LogP contribution in [0, 0.1) is 6.92 Å². The number of fused-ring (bicyclic) bond motifs is 1. The molecule has 1 heterocycles. The third-order valence-corrected chi connectivity index (χ3v) is 6.56. The van der Waals surface area contributed by atoms with Gasteiger partial charge < -0.3 is 19.5 Å². The zero-order chi connectivity index (χ0) is 23.4. The highest BCUT2D eigenvalue weighted by Crippen LogP contribution is 2.32. The van der Waals surface area contributed by atoms with Gasteiger partial charge in [0.2, 0.25) is 0 Å². The van der Waals surface area contributed by atoms with E-state index in [4.69, 9.17) is 25.8 Å². The molecule has 2 N–H and O–H groups in total. The van der Waals surface area contributed by atoms with Crippen LogP contribution in [-0.4, -0.2) is 34.1 Å². The van der Waals surface area contributed by atoms with E-state index in [1.165, 1.54) is 24.3 Å². The minimum Gasteiger partial charge on any atom is -0.486 e. The summed E-state index contributed by atoms with van der Waals surface area (Å²) >= 11 is 6.06. The maximum absolute atomic E-state index is 12.6. The summed E-state index contributed by atoms with van der Waals surface area (Å²) in [4.78, 5) is 12.3. The van der Waals surface area contributed by atoms with Crippen molar-refractivity contribution in [1.82, 2.24) is 0 Å². The van der Waals surface area contributed by atoms with Crippen LogP contribution in [0.3, 0.4) is 0 Å². The summed E-state index contributed by atoms with van der Waals surface area (Å²) in [5.74, 6) is 1.18. The number of amides is 1. The average Bonchev–Trinajstić information content (AvgIpc) is 2.80. The predicted molar refractivity (Wildman–Crippen MR) is 125 cm³/mol. The molecule has 0 spiro atoms. The summed E-state index contributed by atoms with van der Waals surface area (Å²) in [6.45, 7) is 2.52. The van der Waals surface area contributed by atoms with Crippen LogP contribution in [0.5, 0.6) is 17.2 Å². The Kier molecular flexibility index (Phi) is 6.62. The van der Waals surface area contributed by atoms with Crippen molar-refractivity contribution in [2.24, 2.45) is 0 Å². The summed E-state index contributed by atoms with van der Waals surface area (Å²) in [5, 5.41) is 3.18. The van der Waals surface area contributed by atoms with Crippen molar-refractivity contribution in [3.05, 3.63) is 71.2 Å². The maximum Gasteiger partial charge on any atom is 0.262 e. The zero-order valence-electron chi connectivity index (χ0n) is 17.6. The lowest BCUT2D eigenvalue weighted by Gasteiger charge is -2.19. The van der Waals surface area contributed by atoms with Crippen molar-refractivity contribution in [3.63, 3.8) is 0 Å². The molecule has 1 aliphatic rings. The number of carbonyl (C=O) groups is 1. The van der Waals surface area contributed by atoms with E-state index in [1.807, 2.05) is 6.92 Å². The summed E-state index contributed by atoms with van der Waals surface area (Å²) in [5.41, 5.74) is 1.76. The van der Waals surface area contributed by atoms with Gasteiger partial charge in [-0.2, -0.15) is 0 Å². The molecule has 4 rings (SSSR count). The minimum atomic E-state index is -3.80. The first-order valence-corrected chi connectivity index (χ1v) is 11.9. The highest BCUT2D eigenvalue weighted by molar-refractivity contribution is 7.92. The quantitative estimate of drug-likeness (QED) is 0.515. The normalized spacial score (nSPS) is 12.7. The number of benzene rings is 3.